The number of aromatic nitrogens is 2. The number of halogens is 3. The van der Waals surface area contributed by atoms with Crippen molar-refractivity contribution in [2.75, 3.05) is 12.0 Å². The fraction of sp³-hybridized carbons (Fsp3) is 0.231. The molecule has 2 aromatic rings. The summed E-state index contributed by atoms with van der Waals surface area (Å²) in [4.78, 5) is 7.37. The SMILES string of the molecule is CS(=O)(=O)c1cccc(Cc2ncc(C(F)(F)F)c(N)n2)c1. The van der Waals surface area contributed by atoms with Gasteiger partial charge in [-0.1, -0.05) is 12.1 Å². The van der Waals surface area contributed by atoms with E-state index >= 15 is 0 Å². The average Bonchev–Trinajstić information content (AvgIpc) is 2.36. The zero-order valence-corrected chi connectivity index (χ0v) is 12.2. The van der Waals surface area contributed by atoms with Gasteiger partial charge in [0.25, 0.3) is 0 Å². The van der Waals surface area contributed by atoms with Gasteiger partial charge in [-0.15, -0.1) is 0 Å². The van der Waals surface area contributed by atoms with Gasteiger partial charge in [0, 0.05) is 18.9 Å². The molecular formula is C13H12F3N3O2S. The summed E-state index contributed by atoms with van der Waals surface area (Å²) in [5.41, 5.74) is 4.75. The average molecular weight is 331 g/mol. The fourth-order valence-electron chi connectivity index (χ4n) is 1.81. The van der Waals surface area contributed by atoms with Gasteiger partial charge in [-0.05, 0) is 17.7 Å². The number of nitrogens with two attached hydrogens (primary N) is 1. The number of nitrogen functional groups attached to an aromatic ring is 1. The van der Waals surface area contributed by atoms with Crippen molar-refractivity contribution >= 4 is 15.7 Å². The summed E-state index contributed by atoms with van der Waals surface area (Å²) in [5.74, 6) is -0.576. The Morgan fingerprint density at radius 3 is 2.50 bits per heavy atom. The summed E-state index contributed by atoms with van der Waals surface area (Å²) in [6.07, 6.45) is -2.85. The number of benzene rings is 1. The maximum Gasteiger partial charge on any atom is 0.421 e. The molecule has 1 aromatic heterocycles. The molecule has 0 aliphatic carbocycles. The van der Waals surface area contributed by atoms with E-state index in [4.69, 9.17) is 5.73 Å². The molecular weight excluding hydrogens is 319 g/mol. The largest absolute Gasteiger partial charge is 0.421 e. The summed E-state index contributed by atoms with van der Waals surface area (Å²) < 4.78 is 60.6. The van der Waals surface area contributed by atoms with Gasteiger partial charge in [0.15, 0.2) is 9.84 Å². The smallest absolute Gasteiger partial charge is 0.383 e. The van der Waals surface area contributed by atoms with E-state index in [1.807, 2.05) is 0 Å². The normalized spacial score (nSPS) is 12.4. The summed E-state index contributed by atoms with van der Waals surface area (Å²) in [6, 6.07) is 6.03. The van der Waals surface area contributed by atoms with Crippen molar-refractivity contribution in [3.8, 4) is 0 Å². The van der Waals surface area contributed by atoms with Crippen molar-refractivity contribution < 1.29 is 21.6 Å². The van der Waals surface area contributed by atoms with Crippen LogP contribution in [0.3, 0.4) is 0 Å². The lowest BCUT2D eigenvalue weighted by molar-refractivity contribution is -0.137. The van der Waals surface area contributed by atoms with Crippen LogP contribution < -0.4 is 5.73 Å². The number of rotatable bonds is 3. The molecule has 9 heteroatoms. The third-order valence-corrected chi connectivity index (χ3v) is 3.97. The highest BCUT2D eigenvalue weighted by molar-refractivity contribution is 7.90. The maximum atomic E-state index is 12.6. The first kappa shape index (κ1) is 16.2. The first-order valence-corrected chi connectivity index (χ1v) is 7.94. The first-order chi connectivity index (χ1) is 10.1. The second kappa shape index (κ2) is 5.56. The monoisotopic (exact) mass is 331 g/mol. The van der Waals surface area contributed by atoms with Gasteiger partial charge < -0.3 is 5.73 Å². The Hall–Kier alpha value is -2.16. The second-order valence-electron chi connectivity index (χ2n) is 4.68. The van der Waals surface area contributed by atoms with Crippen molar-refractivity contribution in [3.63, 3.8) is 0 Å². The van der Waals surface area contributed by atoms with Crippen molar-refractivity contribution in [2.45, 2.75) is 17.5 Å². The van der Waals surface area contributed by atoms with Gasteiger partial charge in [-0.25, -0.2) is 18.4 Å². The second-order valence-corrected chi connectivity index (χ2v) is 6.69. The molecule has 2 N–H and O–H groups in total. The molecule has 0 fully saturated rings. The summed E-state index contributed by atoms with van der Waals surface area (Å²) >= 11 is 0. The number of sulfone groups is 1. The van der Waals surface area contributed by atoms with Crippen LogP contribution >= 0.6 is 0 Å². The molecule has 0 aliphatic rings. The van der Waals surface area contributed by atoms with E-state index in [1.54, 1.807) is 12.1 Å². The van der Waals surface area contributed by atoms with Gasteiger partial charge >= 0.3 is 6.18 Å². The van der Waals surface area contributed by atoms with Crippen molar-refractivity contribution in [1.29, 1.82) is 0 Å². The number of nitrogens with zero attached hydrogens (tertiary/aromatic N) is 2. The molecule has 0 saturated heterocycles. The number of alkyl halides is 3. The summed E-state index contributed by atoms with van der Waals surface area (Å²) in [6.45, 7) is 0. The predicted molar refractivity (Wildman–Crippen MR) is 73.8 cm³/mol. The molecule has 118 valence electrons. The third kappa shape index (κ3) is 3.73. The van der Waals surface area contributed by atoms with Crippen LogP contribution in [0.25, 0.3) is 0 Å². The van der Waals surface area contributed by atoms with Crippen LogP contribution in [0, 0.1) is 0 Å². The molecule has 0 amide bonds. The Kier molecular flexibility index (Phi) is 4.10. The van der Waals surface area contributed by atoms with Crippen molar-refractivity contribution in [3.05, 3.63) is 47.4 Å². The minimum absolute atomic E-state index is 0.0751. The third-order valence-electron chi connectivity index (χ3n) is 2.86. The molecule has 0 aliphatic heterocycles. The van der Waals surface area contributed by atoms with E-state index in [1.165, 1.54) is 12.1 Å². The first-order valence-electron chi connectivity index (χ1n) is 6.05. The summed E-state index contributed by atoms with van der Waals surface area (Å²) in [7, 11) is -3.37. The Morgan fingerprint density at radius 1 is 1.27 bits per heavy atom. The Morgan fingerprint density at radius 2 is 1.95 bits per heavy atom. The molecule has 1 heterocycles. The van der Waals surface area contributed by atoms with E-state index in [0.29, 0.717) is 11.8 Å². The highest BCUT2D eigenvalue weighted by Crippen LogP contribution is 2.31. The molecule has 0 unspecified atom stereocenters. The van der Waals surface area contributed by atoms with Gasteiger partial charge in [-0.3, -0.25) is 0 Å². The van der Waals surface area contributed by atoms with Gasteiger partial charge in [0.05, 0.1) is 4.90 Å². The van der Waals surface area contributed by atoms with Crippen LogP contribution in [-0.2, 0) is 22.4 Å². The molecule has 0 atom stereocenters. The zero-order valence-electron chi connectivity index (χ0n) is 11.4. The number of anilines is 1. The molecule has 0 bridgehead atoms. The van der Waals surface area contributed by atoms with Gasteiger partial charge in [-0.2, -0.15) is 13.2 Å². The minimum Gasteiger partial charge on any atom is -0.383 e. The topological polar surface area (TPSA) is 85.9 Å². The van der Waals surface area contributed by atoms with E-state index in [0.717, 1.165) is 6.26 Å². The lowest BCUT2D eigenvalue weighted by Crippen LogP contribution is -2.13. The van der Waals surface area contributed by atoms with Crippen molar-refractivity contribution in [2.24, 2.45) is 0 Å². The quantitative estimate of drug-likeness (QED) is 0.930. The number of hydrogen-bond acceptors (Lipinski definition) is 5. The Bertz CT molecular complexity index is 804. The fourth-order valence-corrected chi connectivity index (χ4v) is 2.50. The van der Waals surface area contributed by atoms with E-state index in [9.17, 15) is 21.6 Å². The van der Waals surface area contributed by atoms with Gasteiger partial charge in [0.2, 0.25) is 0 Å². The maximum absolute atomic E-state index is 12.6. The zero-order chi connectivity index (χ0) is 16.5. The van der Waals surface area contributed by atoms with Crippen LogP contribution in [0.2, 0.25) is 0 Å². The van der Waals surface area contributed by atoms with Crippen LogP contribution in [0.5, 0.6) is 0 Å². The molecule has 2 rings (SSSR count). The predicted octanol–water partition coefficient (Wildman–Crippen LogP) is 2.07. The van der Waals surface area contributed by atoms with E-state index in [2.05, 4.69) is 9.97 Å². The molecule has 5 nitrogen and oxygen atoms in total. The molecule has 0 radical (unpaired) electrons. The molecule has 0 spiro atoms. The van der Waals surface area contributed by atoms with Crippen LogP contribution in [0.4, 0.5) is 19.0 Å². The standard InChI is InChI=1S/C13H12F3N3O2S/c1-22(20,21)9-4-2-3-8(5-9)6-11-18-7-10(12(17)19-11)13(14,15)16/h2-5,7H,6H2,1H3,(H2,17,18,19). The molecule has 22 heavy (non-hydrogen) atoms. The van der Waals surface area contributed by atoms with Crippen LogP contribution in [0.15, 0.2) is 35.4 Å². The number of hydrogen-bond donors (Lipinski definition) is 1. The van der Waals surface area contributed by atoms with Crippen LogP contribution in [0.1, 0.15) is 17.0 Å². The van der Waals surface area contributed by atoms with E-state index < -0.39 is 27.4 Å². The van der Waals surface area contributed by atoms with Crippen LogP contribution in [-0.4, -0.2) is 24.6 Å². The Labute approximate surface area is 124 Å². The molecule has 0 saturated carbocycles. The Balaban J connectivity index is 2.31. The lowest BCUT2D eigenvalue weighted by Gasteiger charge is -2.10. The minimum atomic E-state index is -4.61. The van der Waals surface area contributed by atoms with E-state index in [-0.39, 0.29) is 17.1 Å². The molecule has 1 aromatic carbocycles. The van der Waals surface area contributed by atoms with Crippen molar-refractivity contribution in [1.82, 2.24) is 9.97 Å². The lowest BCUT2D eigenvalue weighted by atomic mass is 10.1. The van der Waals surface area contributed by atoms with Gasteiger partial charge in [0.1, 0.15) is 17.2 Å². The highest BCUT2D eigenvalue weighted by Gasteiger charge is 2.34. The summed E-state index contributed by atoms with van der Waals surface area (Å²) in [5, 5.41) is 0. The highest BCUT2D eigenvalue weighted by atomic mass is 32.2.